The largest absolute Gasteiger partial charge is 0.497 e. The standard InChI is InChI=1S/C17H18O3/c1-18-13-9-7-12(8-10-13)16-11-17(19-2)14-5-3-4-6-15(14)20-16/h3-10,16-17H,11H2,1-2H3/t16-,17-/m0/s1. The Balaban J connectivity index is 1.89. The van der Waals surface area contributed by atoms with Crippen LogP contribution in [-0.2, 0) is 4.74 Å². The van der Waals surface area contributed by atoms with Crippen LogP contribution in [-0.4, -0.2) is 14.2 Å². The van der Waals surface area contributed by atoms with Crippen molar-refractivity contribution >= 4 is 0 Å². The predicted molar refractivity (Wildman–Crippen MR) is 77.2 cm³/mol. The first-order valence-corrected chi connectivity index (χ1v) is 6.74. The maximum atomic E-state index is 6.10. The van der Waals surface area contributed by atoms with E-state index in [1.54, 1.807) is 14.2 Å². The van der Waals surface area contributed by atoms with Gasteiger partial charge in [0.1, 0.15) is 17.6 Å². The topological polar surface area (TPSA) is 27.7 Å². The van der Waals surface area contributed by atoms with Crippen LogP contribution in [0.5, 0.6) is 11.5 Å². The van der Waals surface area contributed by atoms with E-state index in [1.165, 1.54) is 0 Å². The van der Waals surface area contributed by atoms with E-state index in [9.17, 15) is 0 Å². The number of methoxy groups -OCH3 is 2. The van der Waals surface area contributed by atoms with Gasteiger partial charge in [0.15, 0.2) is 0 Å². The van der Waals surface area contributed by atoms with Gasteiger partial charge >= 0.3 is 0 Å². The zero-order valence-corrected chi connectivity index (χ0v) is 11.7. The summed E-state index contributed by atoms with van der Waals surface area (Å²) in [5.41, 5.74) is 2.27. The lowest BCUT2D eigenvalue weighted by Gasteiger charge is -2.31. The second-order valence-corrected chi connectivity index (χ2v) is 4.88. The fourth-order valence-electron chi connectivity index (χ4n) is 2.62. The van der Waals surface area contributed by atoms with Crippen LogP contribution >= 0.6 is 0 Å². The van der Waals surface area contributed by atoms with Crippen LogP contribution in [0.3, 0.4) is 0 Å². The van der Waals surface area contributed by atoms with Crippen LogP contribution < -0.4 is 9.47 Å². The minimum absolute atomic E-state index is 0.0146. The van der Waals surface area contributed by atoms with Crippen molar-refractivity contribution in [1.29, 1.82) is 0 Å². The normalized spacial score (nSPS) is 20.9. The van der Waals surface area contributed by atoms with E-state index in [-0.39, 0.29) is 12.2 Å². The number of hydrogen-bond donors (Lipinski definition) is 0. The molecule has 0 saturated heterocycles. The highest BCUT2D eigenvalue weighted by Gasteiger charge is 2.28. The molecule has 2 aromatic carbocycles. The molecule has 0 aliphatic carbocycles. The Kier molecular flexibility index (Phi) is 3.61. The van der Waals surface area contributed by atoms with Gasteiger partial charge < -0.3 is 14.2 Å². The average Bonchev–Trinajstić information content (AvgIpc) is 2.54. The fraction of sp³-hybridized carbons (Fsp3) is 0.294. The molecule has 0 N–H and O–H groups in total. The molecule has 104 valence electrons. The summed E-state index contributed by atoms with van der Waals surface area (Å²) in [6, 6.07) is 16.1. The summed E-state index contributed by atoms with van der Waals surface area (Å²) in [7, 11) is 3.42. The third kappa shape index (κ3) is 2.37. The Morgan fingerprint density at radius 1 is 1.00 bits per heavy atom. The third-order valence-corrected chi connectivity index (χ3v) is 3.74. The Morgan fingerprint density at radius 2 is 1.75 bits per heavy atom. The molecule has 0 unspecified atom stereocenters. The molecule has 1 heterocycles. The highest BCUT2D eigenvalue weighted by atomic mass is 16.5. The molecule has 20 heavy (non-hydrogen) atoms. The highest BCUT2D eigenvalue weighted by Crippen LogP contribution is 2.42. The van der Waals surface area contributed by atoms with Gasteiger partial charge in [-0.1, -0.05) is 30.3 Å². The van der Waals surface area contributed by atoms with Crippen LogP contribution in [0.1, 0.15) is 29.8 Å². The summed E-state index contributed by atoms with van der Waals surface area (Å²) < 4.78 is 16.9. The Morgan fingerprint density at radius 3 is 2.45 bits per heavy atom. The molecule has 3 nitrogen and oxygen atoms in total. The highest BCUT2D eigenvalue weighted by molar-refractivity contribution is 5.39. The molecule has 3 heteroatoms. The van der Waals surface area contributed by atoms with E-state index in [2.05, 4.69) is 6.07 Å². The first kappa shape index (κ1) is 13.0. The summed E-state index contributed by atoms with van der Waals surface area (Å²) in [4.78, 5) is 0. The van der Waals surface area contributed by atoms with Gasteiger partial charge in [-0.2, -0.15) is 0 Å². The summed E-state index contributed by atoms with van der Waals surface area (Å²) >= 11 is 0. The van der Waals surface area contributed by atoms with E-state index in [1.807, 2.05) is 42.5 Å². The van der Waals surface area contributed by atoms with Gasteiger partial charge in [-0.15, -0.1) is 0 Å². The quantitative estimate of drug-likeness (QED) is 0.846. The van der Waals surface area contributed by atoms with Crippen LogP contribution in [0.4, 0.5) is 0 Å². The number of para-hydroxylation sites is 1. The molecule has 0 spiro atoms. The average molecular weight is 270 g/mol. The lowest BCUT2D eigenvalue weighted by Crippen LogP contribution is -2.20. The first-order chi connectivity index (χ1) is 9.81. The van der Waals surface area contributed by atoms with Crippen LogP contribution in [0, 0.1) is 0 Å². The number of hydrogen-bond acceptors (Lipinski definition) is 3. The number of ether oxygens (including phenoxy) is 3. The predicted octanol–water partition coefficient (Wildman–Crippen LogP) is 3.91. The summed E-state index contributed by atoms with van der Waals surface area (Å²) in [6.45, 7) is 0. The molecular weight excluding hydrogens is 252 g/mol. The maximum Gasteiger partial charge on any atom is 0.127 e. The second kappa shape index (κ2) is 5.55. The van der Waals surface area contributed by atoms with Gasteiger partial charge in [0.2, 0.25) is 0 Å². The zero-order valence-electron chi connectivity index (χ0n) is 11.7. The van der Waals surface area contributed by atoms with Crippen LogP contribution in [0.25, 0.3) is 0 Å². The molecule has 0 aromatic heterocycles. The van der Waals surface area contributed by atoms with Crippen molar-refractivity contribution in [3.8, 4) is 11.5 Å². The maximum absolute atomic E-state index is 6.10. The van der Waals surface area contributed by atoms with Crippen molar-refractivity contribution in [3.05, 3.63) is 59.7 Å². The second-order valence-electron chi connectivity index (χ2n) is 4.88. The van der Waals surface area contributed by atoms with Gasteiger partial charge in [-0.3, -0.25) is 0 Å². The molecule has 1 aliphatic rings. The minimum atomic E-state index is 0.0146. The molecule has 3 rings (SSSR count). The third-order valence-electron chi connectivity index (χ3n) is 3.74. The van der Waals surface area contributed by atoms with E-state index < -0.39 is 0 Å². The smallest absolute Gasteiger partial charge is 0.127 e. The lowest BCUT2D eigenvalue weighted by molar-refractivity contribution is 0.0301. The first-order valence-electron chi connectivity index (χ1n) is 6.74. The summed E-state index contributed by atoms with van der Waals surface area (Å²) in [6.07, 6.45) is 0.910. The number of rotatable bonds is 3. The van der Waals surface area contributed by atoms with Crippen molar-refractivity contribution in [2.75, 3.05) is 14.2 Å². The molecule has 0 saturated carbocycles. The molecule has 2 aromatic rings. The van der Waals surface area contributed by atoms with E-state index in [0.717, 1.165) is 29.0 Å². The number of fused-ring (bicyclic) bond motifs is 1. The lowest BCUT2D eigenvalue weighted by atomic mass is 9.95. The van der Waals surface area contributed by atoms with Crippen molar-refractivity contribution in [3.63, 3.8) is 0 Å². The van der Waals surface area contributed by atoms with Gasteiger partial charge in [-0.25, -0.2) is 0 Å². The summed E-state index contributed by atoms with van der Waals surface area (Å²) in [5.74, 6) is 1.76. The fourth-order valence-corrected chi connectivity index (χ4v) is 2.62. The minimum Gasteiger partial charge on any atom is -0.497 e. The van der Waals surface area contributed by atoms with E-state index >= 15 is 0 Å². The number of benzene rings is 2. The zero-order chi connectivity index (χ0) is 13.9. The molecule has 0 fully saturated rings. The molecule has 0 bridgehead atoms. The molecular formula is C17H18O3. The van der Waals surface area contributed by atoms with Crippen molar-refractivity contribution < 1.29 is 14.2 Å². The van der Waals surface area contributed by atoms with Gasteiger partial charge in [0, 0.05) is 19.1 Å². The molecule has 0 radical (unpaired) electrons. The monoisotopic (exact) mass is 270 g/mol. The van der Waals surface area contributed by atoms with E-state index in [0.29, 0.717) is 0 Å². The Hall–Kier alpha value is -2.00. The molecule has 0 amide bonds. The summed E-state index contributed by atoms with van der Waals surface area (Å²) in [5, 5.41) is 0. The van der Waals surface area contributed by atoms with E-state index in [4.69, 9.17) is 14.2 Å². The van der Waals surface area contributed by atoms with Gasteiger partial charge in [0.05, 0.1) is 13.2 Å². The van der Waals surface area contributed by atoms with Crippen molar-refractivity contribution in [1.82, 2.24) is 0 Å². The molecule has 2 atom stereocenters. The Labute approximate surface area is 119 Å². The van der Waals surface area contributed by atoms with Gasteiger partial charge in [-0.05, 0) is 23.8 Å². The van der Waals surface area contributed by atoms with Crippen molar-refractivity contribution in [2.24, 2.45) is 0 Å². The van der Waals surface area contributed by atoms with Crippen LogP contribution in [0.2, 0.25) is 0 Å². The van der Waals surface area contributed by atoms with Crippen LogP contribution in [0.15, 0.2) is 48.5 Å². The van der Waals surface area contributed by atoms with Gasteiger partial charge in [0.25, 0.3) is 0 Å². The Bertz CT molecular complexity index is 577. The SMILES string of the molecule is COc1ccc([C@@H]2C[C@H](OC)c3ccccc3O2)cc1. The van der Waals surface area contributed by atoms with Crippen molar-refractivity contribution in [2.45, 2.75) is 18.6 Å². The molecule has 1 aliphatic heterocycles.